The van der Waals surface area contributed by atoms with E-state index in [1.807, 2.05) is 61.5 Å². The van der Waals surface area contributed by atoms with Gasteiger partial charge in [0.25, 0.3) is 0 Å². The Kier molecular flexibility index (Phi) is 6.99. The highest BCUT2D eigenvalue weighted by Gasteiger charge is 2.07. The molecule has 1 atom stereocenters. The third kappa shape index (κ3) is 6.74. The van der Waals surface area contributed by atoms with Crippen molar-refractivity contribution in [3.8, 4) is 5.75 Å². The van der Waals surface area contributed by atoms with E-state index in [0.717, 1.165) is 11.4 Å². The quantitative estimate of drug-likeness (QED) is 0.513. The first-order valence-electron chi connectivity index (χ1n) is 9.46. The van der Waals surface area contributed by atoms with Crippen LogP contribution in [0.5, 0.6) is 5.75 Å². The lowest BCUT2D eigenvalue weighted by Gasteiger charge is -2.16. The summed E-state index contributed by atoms with van der Waals surface area (Å²) in [5.74, 6) is 2.10. The van der Waals surface area contributed by atoms with Crippen LogP contribution in [-0.4, -0.2) is 53.3 Å². The standard InChI is InChI=1S/C22H27N5O2/c1-16-5-4-6-18(11-16)26-22-12-21(23-15-24-22)25-17-7-9-20(10-8-17)29-14-19(28)13-27(2)3/h4-12,15,19,28H,13-14H2,1-3H3,(H2,23,24,25,26). The molecule has 3 aromatic rings. The maximum Gasteiger partial charge on any atom is 0.135 e. The minimum Gasteiger partial charge on any atom is -0.491 e. The van der Waals surface area contributed by atoms with Crippen molar-refractivity contribution in [2.24, 2.45) is 0 Å². The topological polar surface area (TPSA) is 82.5 Å². The molecule has 152 valence electrons. The molecular weight excluding hydrogens is 366 g/mol. The van der Waals surface area contributed by atoms with Gasteiger partial charge in [-0.3, -0.25) is 0 Å². The zero-order chi connectivity index (χ0) is 20.6. The molecule has 0 saturated carbocycles. The zero-order valence-electron chi connectivity index (χ0n) is 17.0. The molecule has 0 amide bonds. The summed E-state index contributed by atoms with van der Waals surface area (Å²) in [5, 5.41) is 16.4. The number of likely N-dealkylation sites (N-methyl/N-ethyl adjacent to an activating group) is 1. The van der Waals surface area contributed by atoms with Crippen molar-refractivity contribution in [2.75, 3.05) is 37.9 Å². The summed E-state index contributed by atoms with van der Waals surface area (Å²) < 4.78 is 5.63. The van der Waals surface area contributed by atoms with E-state index in [0.29, 0.717) is 23.9 Å². The molecule has 29 heavy (non-hydrogen) atoms. The average Bonchev–Trinajstić information content (AvgIpc) is 2.67. The molecule has 0 radical (unpaired) electrons. The molecule has 0 aliphatic heterocycles. The number of rotatable bonds is 9. The van der Waals surface area contributed by atoms with Gasteiger partial charge in [-0.1, -0.05) is 12.1 Å². The molecule has 7 nitrogen and oxygen atoms in total. The third-order valence-corrected chi connectivity index (χ3v) is 4.10. The Morgan fingerprint density at radius 2 is 1.66 bits per heavy atom. The van der Waals surface area contributed by atoms with Gasteiger partial charge in [0.2, 0.25) is 0 Å². The number of aliphatic hydroxyl groups is 1. The number of nitrogens with zero attached hydrogens (tertiary/aromatic N) is 3. The fraction of sp³-hybridized carbons (Fsp3) is 0.273. The lowest BCUT2D eigenvalue weighted by molar-refractivity contribution is 0.0831. The van der Waals surface area contributed by atoms with Crippen LogP contribution in [0.4, 0.5) is 23.0 Å². The zero-order valence-corrected chi connectivity index (χ0v) is 17.0. The molecule has 0 bridgehead atoms. The molecule has 0 spiro atoms. The van der Waals surface area contributed by atoms with Gasteiger partial charge < -0.3 is 25.4 Å². The van der Waals surface area contributed by atoms with E-state index in [2.05, 4.69) is 39.7 Å². The van der Waals surface area contributed by atoms with Gasteiger partial charge in [0.15, 0.2) is 0 Å². The van der Waals surface area contributed by atoms with Crippen molar-refractivity contribution in [3.63, 3.8) is 0 Å². The van der Waals surface area contributed by atoms with Crippen LogP contribution in [0, 0.1) is 6.92 Å². The largest absolute Gasteiger partial charge is 0.491 e. The summed E-state index contributed by atoms with van der Waals surface area (Å²) in [5.41, 5.74) is 3.04. The predicted molar refractivity (Wildman–Crippen MR) is 116 cm³/mol. The summed E-state index contributed by atoms with van der Waals surface area (Å²) in [6.45, 7) is 2.87. The minimum absolute atomic E-state index is 0.255. The molecule has 1 aromatic heterocycles. The highest BCUT2D eigenvalue weighted by Crippen LogP contribution is 2.22. The van der Waals surface area contributed by atoms with Gasteiger partial charge in [-0.15, -0.1) is 0 Å². The van der Waals surface area contributed by atoms with Crippen molar-refractivity contribution in [1.29, 1.82) is 0 Å². The van der Waals surface area contributed by atoms with Gasteiger partial charge in [-0.2, -0.15) is 0 Å². The number of hydrogen-bond acceptors (Lipinski definition) is 7. The Bertz CT molecular complexity index is 915. The first-order valence-corrected chi connectivity index (χ1v) is 9.46. The second kappa shape index (κ2) is 9.86. The van der Waals surface area contributed by atoms with Crippen molar-refractivity contribution >= 4 is 23.0 Å². The fourth-order valence-corrected chi connectivity index (χ4v) is 2.81. The van der Waals surface area contributed by atoms with Gasteiger partial charge >= 0.3 is 0 Å². The van der Waals surface area contributed by atoms with Crippen LogP contribution in [0.15, 0.2) is 60.9 Å². The normalized spacial score (nSPS) is 11.9. The van der Waals surface area contributed by atoms with Crippen molar-refractivity contribution in [3.05, 3.63) is 66.5 Å². The molecule has 1 heterocycles. The molecule has 2 aromatic carbocycles. The maximum absolute atomic E-state index is 9.88. The van der Waals surface area contributed by atoms with Gasteiger partial charge in [0, 0.05) is 24.0 Å². The number of anilines is 4. The highest BCUT2D eigenvalue weighted by molar-refractivity contribution is 5.63. The lowest BCUT2D eigenvalue weighted by Crippen LogP contribution is -2.30. The number of nitrogens with one attached hydrogen (secondary N) is 2. The van der Waals surface area contributed by atoms with Gasteiger partial charge in [0.1, 0.15) is 36.4 Å². The molecule has 0 aliphatic carbocycles. The van der Waals surface area contributed by atoms with Gasteiger partial charge in [-0.05, 0) is 63.0 Å². The van der Waals surface area contributed by atoms with Crippen LogP contribution in [0.1, 0.15) is 5.56 Å². The van der Waals surface area contributed by atoms with Crippen LogP contribution >= 0.6 is 0 Å². The number of aryl methyl sites for hydroxylation is 1. The van der Waals surface area contributed by atoms with Gasteiger partial charge in [0.05, 0.1) is 0 Å². The second-order valence-corrected chi connectivity index (χ2v) is 7.16. The number of aliphatic hydroxyl groups excluding tert-OH is 1. The summed E-state index contributed by atoms with van der Waals surface area (Å²) >= 11 is 0. The summed E-state index contributed by atoms with van der Waals surface area (Å²) in [6.07, 6.45) is 0.993. The Morgan fingerprint density at radius 3 is 2.31 bits per heavy atom. The SMILES string of the molecule is Cc1cccc(Nc2cc(Nc3ccc(OCC(O)CN(C)C)cc3)ncn2)c1. The van der Waals surface area contributed by atoms with E-state index in [1.54, 1.807) is 0 Å². The van der Waals surface area contributed by atoms with E-state index in [-0.39, 0.29) is 6.61 Å². The van der Waals surface area contributed by atoms with E-state index in [4.69, 9.17) is 4.74 Å². The first kappa shape index (κ1) is 20.6. The maximum atomic E-state index is 9.88. The highest BCUT2D eigenvalue weighted by atomic mass is 16.5. The Morgan fingerprint density at radius 1 is 0.966 bits per heavy atom. The van der Waals surface area contributed by atoms with E-state index in [1.165, 1.54) is 11.9 Å². The molecule has 0 fully saturated rings. The van der Waals surface area contributed by atoms with Crippen molar-refractivity contribution in [1.82, 2.24) is 14.9 Å². The van der Waals surface area contributed by atoms with E-state index >= 15 is 0 Å². The van der Waals surface area contributed by atoms with Crippen LogP contribution in [0.25, 0.3) is 0 Å². The van der Waals surface area contributed by atoms with E-state index in [9.17, 15) is 5.11 Å². The van der Waals surface area contributed by atoms with Gasteiger partial charge in [-0.25, -0.2) is 9.97 Å². The van der Waals surface area contributed by atoms with E-state index < -0.39 is 6.10 Å². The Hall–Kier alpha value is -3.16. The molecule has 3 rings (SSSR count). The molecule has 7 heteroatoms. The number of aromatic nitrogens is 2. The molecular formula is C22H27N5O2. The molecule has 1 unspecified atom stereocenters. The monoisotopic (exact) mass is 393 g/mol. The van der Waals surface area contributed by atoms with Crippen molar-refractivity contribution < 1.29 is 9.84 Å². The summed E-state index contributed by atoms with van der Waals surface area (Å²) in [7, 11) is 3.83. The smallest absolute Gasteiger partial charge is 0.135 e. The first-order chi connectivity index (χ1) is 14.0. The molecule has 0 saturated heterocycles. The van der Waals surface area contributed by atoms with Crippen molar-refractivity contribution in [2.45, 2.75) is 13.0 Å². The van der Waals surface area contributed by atoms with Crippen LogP contribution in [-0.2, 0) is 0 Å². The molecule has 0 aliphatic rings. The summed E-state index contributed by atoms with van der Waals surface area (Å²) in [4.78, 5) is 10.5. The second-order valence-electron chi connectivity index (χ2n) is 7.16. The minimum atomic E-state index is -0.525. The fourth-order valence-electron chi connectivity index (χ4n) is 2.81. The predicted octanol–water partition coefficient (Wildman–Crippen LogP) is 3.57. The average molecular weight is 393 g/mol. The number of hydrogen-bond donors (Lipinski definition) is 3. The number of ether oxygens (including phenoxy) is 1. The Labute approximate surface area is 171 Å². The molecule has 3 N–H and O–H groups in total. The van der Waals surface area contributed by atoms with Crippen LogP contribution in [0.2, 0.25) is 0 Å². The third-order valence-electron chi connectivity index (χ3n) is 4.10. The Balaban J connectivity index is 1.57. The number of benzene rings is 2. The lowest BCUT2D eigenvalue weighted by atomic mass is 10.2. The van der Waals surface area contributed by atoms with Crippen LogP contribution in [0.3, 0.4) is 0 Å². The summed E-state index contributed by atoms with van der Waals surface area (Å²) in [6, 6.07) is 17.5. The van der Waals surface area contributed by atoms with Crippen LogP contribution < -0.4 is 15.4 Å².